The van der Waals surface area contributed by atoms with Crippen molar-refractivity contribution in [1.82, 2.24) is 9.80 Å². The summed E-state index contributed by atoms with van der Waals surface area (Å²) in [6.07, 6.45) is 0.190. The maximum absolute atomic E-state index is 12.2. The van der Waals surface area contributed by atoms with Crippen molar-refractivity contribution >= 4 is 17.8 Å². The fourth-order valence-corrected chi connectivity index (χ4v) is 2.14. The Hall–Kier alpha value is -1.59. The lowest BCUT2D eigenvalue weighted by Crippen LogP contribution is -2.44. The van der Waals surface area contributed by atoms with Crippen LogP contribution >= 0.6 is 0 Å². The molecule has 1 aliphatic rings. The molecule has 102 valence electrons. The van der Waals surface area contributed by atoms with Crippen LogP contribution in [0.15, 0.2) is 0 Å². The first kappa shape index (κ1) is 14.5. The zero-order chi connectivity index (χ0) is 13.9. The van der Waals surface area contributed by atoms with Crippen molar-refractivity contribution in [1.29, 1.82) is 0 Å². The molecule has 1 rings (SSSR count). The number of rotatable bonds is 5. The minimum absolute atomic E-state index is 0.0325. The lowest BCUT2D eigenvalue weighted by molar-refractivity contribution is -0.147. The highest BCUT2D eigenvalue weighted by atomic mass is 16.4. The van der Waals surface area contributed by atoms with E-state index >= 15 is 0 Å². The molecule has 0 aromatic carbocycles. The molecule has 0 saturated carbocycles. The Morgan fingerprint density at radius 2 is 2.11 bits per heavy atom. The van der Waals surface area contributed by atoms with E-state index < -0.39 is 11.9 Å². The van der Waals surface area contributed by atoms with Gasteiger partial charge >= 0.3 is 5.97 Å². The number of amides is 2. The van der Waals surface area contributed by atoms with Crippen LogP contribution in [0.25, 0.3) is 0 Å². The normalized spacial score (nSPS) is 19.4. The molecule has 0 aromatic heterocycles. The van der Waals surface area contributed by atoms with Crippen molar-refractivity contribution in [3.05, 3.63) is 0 Å². The summed E-state index contributed by atoms with van der Waals surface area (Å²) in [7, 11) is 0. The third-order valence-electron chi connectivity index (χ3n) is 3.16. The average molecular weight is 256 g/mol. The van der Waals surface area contributed by atoms with Gasteiger partial charge in [0.25, 0.3) is 0 Å². The van der Waals surface area contributed by atoms with Crippen LogP contribution in [-0.4, -0.2) is 58.4 Å². The SMILES string of the molecule is CCN1CC(C(=O)N(CC(=O)O)C(C)C)CC1=O. The molecule has 2 amide bonds. The van der Waals surface area contributed by atoms with E-state index in [0.717, 1.165) is 0 Å². The maximum Gasteiger partial charge on any atom is 0.323 e. The van der Waals surface area contributed by atoms with Crippen molar-refractivity contribution < 1.29 is 19.5 Å². The second-order valence-electron chi connectivity index (χ2n) is 4.79. The average Bonchev–Trinajstić information content (AvgIpc) is 2.66. The number of carbonyl (C=O) groups excluding carboxylic acids is 2. The number of hydrogen-bond donors (Lipinski definition) is 1. The zero-order valence-corrected chi connectivity index (χ0v) is 11.0. The lowest BCUT2D eigenvalue weighted by atomic mass is 10.1. The van der Waals surface area contributed by atoms with Crippen molar-refractivity contribution in [3.8, 4) is 0 Å². The topological polar surface area (TPSA) is 77.9 Å². The molecule has 0 spiro atoms. The predicted octanol–water partition coefficient (Wildman–Crippen LogP) is 0.176. The highest BCUT2D eigenvalue weighted by molar-refractivity contribution is 5.90. The maximum atomic E-state index is 12.2. The highest BCUT2D eigenvalue weighted by Gasteiger charge is 2.36. The summed E-state index contributed by atoms with van der Waals surface area (Å²) >= 11 is 0. The molecular formula is C12H20N2O4. The van der Waals surface area contributed by atoms with Gasteiger partial charge in [-0.2, -0.15) is 0 Å². The molecule has 1 aliphatic heterocycles. The van der Waals surface area contributed by atoms with Gasteiger partial charge in [0.2, 0.25) is 11.8 Å². The van der Waals surface area contributed by atoms with E-state index in [4.69, 9.17) is 5.11 Å². The molecule has 0 bridgehead atoms. The number of carboxylic acid groups (broad SMARTS) is 1. The van der Waals surface area contributed by atoms with E-state index in [1.54, 1.807) is 18.7 Å². The van der Waals surface area contributed by atoms with Crippen molar-refractivity contribution in [2.45, 2.75) is 33.2 Å². The Morgan fingerprint density at radius 3 is 2.50 bits per heavy atom. The standard InChI is InChI=1S/C12H20N2O4/c1-4-13-6-9(5-10(13)15)12(18)14(8(2)3)7-11(16)17/h8-9H,4-7H2,1-3H3,(H,16,17). The van der Waals surface area contributed by atoms with E-state index in [1.165, 1.54) is 4.90 Å². The molecule has 18 heavy (non-hydrogen) atoms. The monoisotopic (exact) mass is 256 g/mol. The lowest BCUT2D eigenvalue weighted by Gasteiger charge is -2.27. The Kier molecular flexibility index (Phi) is 4.69. The minimum atomic E-state index is -1.03. The van der Waals surface area contributed by atoms with E-state index in [0.29, 0.717) is 13.1 Å². The number of hydrogen-bond acceptors (Lipinski definition) is 3. The first-order valence-electron chi connectivity index (χ1n) is 6.16. The molecule has 0 radical (unpaired) electrons. The number of likely N-dealkylation sites (tertiary alicyclic amines) is 1. The Balaban J connectivity index is 2.73. The van der Waals surface area contributed by atoms with Gasteiger partial charge in [0.15, 0.2) is 0 Å². The Bertz CT molecular complexity index is 354. The van der Waals surface area contributed by atoms with Gasteiger partial charge in [0.1, 0.15) is 6.54 Å². The molecule has 1 heterocycles. The molecule has 1 fully saturated rings. The van der Waals surface area contributed by atoms with E-state index in [-0.39, 0.29) is 30.8 Å². The fourth-order valence-electron chi connectivity index (χ4n) is 2.14. The molecule has 1 atom stereocenters. The van der Waals surface area contributed by atoms with E-state index in [2.05, 4.69) is 0 Å². The first-order chi connectivity index (χ1) is 8.36. The quantitative estimate of drug-likeness (QED) is 0.761. The number of carboxylic acids is 1. The summed E-state index contributed by atoms with van der Waals surface area (Å²) in [4.78, 5) is 37.5. The Labute approximate surface area is 107 Å². The molecule has 0 aromatic rings. The van der Waals surface area contributed by atoms with Crippen LogP contribution in [0.2, 0.25) is 0 Å². The van der Waals surface area contributed by atoms with E-state index in [9.17, 15) is 14.4 Å². The van der Waals surface area contributed by atoms with Crippen LogP contribution < -0.4 is 0 Å². The third-order valence-corrected chi connectivity index (χ3v) is 3.16. The summed E-state index contributed by atoms with van der Waals surface area (Å²) in [6.45, 7) is 6.08. The van der Waals surface area contributed by atoms with Crippen molar-refractivity contribution in [2.24, 2.45) is 5.92 Å². The van der Waals surface area contributed by atoms with Gasteiger partial charge in [0, 0.05) is 25.6 Å². The van der Waals surface area contributed by atoms with Gasteiger partial charge in [-0.05, 0) is 20.8 Å². The van der Waals surface area contributed by atoms with Gasteiger partial charge in [-0.25, -0.2) is 0 Å². The predicted molar refractivity (Wildman–Crippen MR) is 64.8 cm³/mol. The minimum Gasteiger partial charge on any atom is -0.480 e. The molecule has 0 aliphatic carbocycles. The van der Waals surface area contributed by atoms with Gasteiger partial charge < -0.3 is 14.9 Å². The summed E-state index contributed by atoms with van der Waals surface area (Å²) < 4.78 is 0. The van der Waals surface area contributed by atoms with Crippen LogP contribution in [-0.2, 0) is 14.4 Å². The molecule has 6 heteroatoms. The molecular weight excluding hydrogens is 236 g/mol. The summed E-state index contributed by atoms with van der Waals surface area (Å²) in [5.74, 6) is -1.71. The second kappa shape index (κ2) is 5.84. The molecule has 1 saturated heterocycles. The first-order valence-corrected chi connectivity index (χ1v) is 6.16. The van der Waals surface area contributed by atoms with Crippen LogP contribution in [0.4, 0.5) is 0 Å². The van der Waals surface area contributed by atoms with Gasteiger partial charge in [-0.1, -0.05) is 0 Å². The van der Waals surface area contributed by atoms with Crippen molar-refractivity contribution in [2.75, 3.05) is 19.6 Å². The Morgan fingerprint density at radius 1 is 1.50 bits per heavy atom. The smallest absolute Gasteiger partial charge is 0.323 e. The van der Waals surface area contributed by atoms with Crippen LogP contribution in [0.3, 0.4) is 0 Å². The van der Waals surface area contributed by atoms with Gasteiger partial charge in [-0.3, -0.25) is 14.4 Å². The number of nitrogens with zero attached hydrogens (tertiary/aromatic N) is 2. The number of carbonyl (C=O) groups is 3. The van der Waals surface area contributed by atoms with E-state index in [1.807, 2.05) is 6.92 Å². The van der Waals surface area contributed by atoms with Crippen molar-refractivity contribution in [3.63, 3.8) is 0 Å². The fraction of sp³-hybridized carbons (Fsp3) is 0.750. The van der Waals surface area contributed by atoms with Crippen LogP contribution in [0, 0.1) is 5.92 Å². The van der Waals surface area contributed by atoms with Crippen LogP contribution in [0.5, 0.6) is 0 Å². The van der Waals surface area contributed by atoms with Gasteiger partial charge in [0.05, 0.1) is 5.92 Å². The van der Waals surface area contributed by atoms with Crippen LogP contribution in [0.1, 0.15) is 27.2 Å². The molecule has 6 nitrogen and oxygen atoms in total. The molecule has 1 N–H and O–H groups in total. The summed E-state index contributed by atoms with van der Waals surface area (Å²) in [5.41, 5.74) is 0. The highest BCUT2D eigenvalue weighted by Crippen LogP contribution is 2.20. The summed E-state index contributed by atoms with van der Waals surface area (Å²) in [6, 6.07) is -0.181. The second-order valence-corrected chi connectivity index (χ2v) is 4.79. The van der Waals surface area contributed by atoms with Gasteiger partial charge in [-0.15, -0.1) is 0 Å². The third kappa shape index (κ3) is 3.21. The number of aliphatic carboxylic acids is 1. The zero-order valence-electron chi connectivity index (χ0n) is 11.0. The summed E-state index contributed by atoms with van der Waals surface area (Å²) in [5, 5.41) is 8.80. The molecule has 1 unspecified atom stereocenters. The largest absolute Gasteiger partial charge is 0.480 e.